The molecule has 1 aromatic carbocycles. The molecule has 0 spiro atoms. The van der Waals surface area contributed by atoms with Gasteiger partial charge in [-0.3, -0.25) is 4.79 Å². The maximum absolute atomic E-state index is 11.9. The van der Waals surface area contributed by atoms with Crippen LogP contribution in [0.3, 0.4) is 0 Å². The number of carbonyl (C=O) groups is 1. The number of ether oxygens (including phenoxy) is 1. The van der Waals surface area contributed by atoms with Crippen molar-refractivity contribution in [3.8, 4) is 0 Å². The molecule has 19 heavy (non-hydrogen) atoms. The van der Waals surface area contributed by atoms with E-state index in [0.717, 1.165) is 10.9 Å². The first-order valence-corrected chi connectivity index (χ1v) is 6.00. The van der Waals surface area contributed by atoms with Crippen LogP contribution in [0.4, 0.5) is 5.69 Å². The average molecular weight is 261 g/mol. The van der Waals surface area contributed by atoms with Crippen molar-refractivity contribution in [3.63, 3.8) is 0 Å². The lowest BCUT2D eigenvalue weighted by Gasteiger charge is -2.07. The number of nitrogen functional groups attached to an aromatic ring is 1. The second-order valence-electron chi connectivity index (χ2n) is 4.23. The van der Waals surface area contributed by atoms with Gasteiger partial charge in [-0.2, -0.15) is 0 Å². The summed E-state index contributed by atoms with van der Waals surface area (Å²) in [6.07, 6.45) is -0.0810. The van der Waals surface area contributed by atoms with E-state index in [2.05, 4.69) is 0 Å². The monoisotopic (exact) mass is 261 g/mol. The molecule has 0 fully saturated rings. The van der Waals surface area contributed by atoms with Gasteiger partial charge in [-0.05, 0) is 31.5 Å². The number of hydrogen-bond donors (Lipinski definition) is 1. The van der Waals surface area contributed by atoms with Crippen LogP contribution in [0.5, 0.6) is 0 Å². The van der Waals surface area contributed by atoms with Gasteiger partial charge >= 0.3 is 11.6 Å². The lowest BCUT2D eigenvalue weighted by molar-refractivity contribution is -0.142. The number of carbonyl (C=O) groups excluding carboxylic acids is 1. The largest absolute Gasteiger partial charge is 0.466 e. The fraction of sp³-hybridized carbons (Fsp3) is 0.286. The highest BCUT2D eigenvalue weighted by molar-refractivity contribution is 5.85. The molecule has 0 saturated heterocycles. The van der Waals surface area contributed by atoms with Gasteiger partial charge in [0.1, 0.15) is 5.58 Å². The van der Waals surface area contributed by atoms with Gasteiger partial charge in [0.05, 0.1) is 18.6 Å². The Hall–Kier alpha value is -2.30. The normalized spacial score (nSPS) is 10.6. The maximum atomic E-state index is 11.9. The average Bonchev–Trinajstić information content (AvgIpc) is 2.34. The van der Waals surface area contributed by atoms with Gasteiger partial charge < -0.3 is 14.9 Å². The van der Waals surface area contributed by atoms with E-state index in [1.54, 1.807) is 32.0 Å². The highest BCUT2D eigenvalue weighted by atomic mass is 16.5. The summed E-state index contributed by atoms with van der Waals surface area (Å²) in [5.74, 6) is -0.437. The zero-order chi connectivity index (χ0) is 14.0. The molecular formula is C14H15NO4. The Morgan fingerprint density at radius 2 is 2.16 bits per heavy atom. The highest BCUT2D eigenvalue weighted by Gasteiger charge is 2.15. The smallest absolute Gasteiger partial charge is 0.340 e. The van der Waals surface area contributed by atoms with Crippen LogP contribution in [0.15, 0.2) is 27.4 Å². The number of anilines is 1. The third-order valence-electron chi connectivity index (χ3n) is 2.94. The summed E-state index contributed by atoms with van der Waals surface area (Å²) in [6, 6.07) is 5.10. The van der Waals surface area contributed by atoms with Crippen molar-refractivity contribution in [2.24, 2.45) is 0 Å². The molecule has 100 valence electrons. The van der Waals surface area contributed by atoms with Gasteiger partial charge in [-0.25, -0.2) is 4.79 Å². The van der Waals surface area contributed by atoms with E-state index in [4.69, 9.17) is 14.9 Å². The van der Waals surface area contributed by atoms with Crippen molar-refractivity contribution in [1.29, 1.82) is 0 Å². The van der Waals surface area contributed by atoms with Gasteiger partial charge in [0, 0.05) is 17.1 Å². The fourth-order valence-corrected chi connectivity index (χ4v) is 1.97. The highest BCUT2D eigenvalue weighted by Crippen LogP contribution is 2.21. The molecule has 2 rings (SSSR count). The van der Waals surface area contributed by atoms with Crippen molar-refractivity contribution >= 4 is 22.6 Å². The first kappa shape index (κ1) is 13.1. The summed E-state index contributed by atoms with van der Waals surface area (Å²) >= 11 is 0. The quantitative estimate of drug-likeness (QED) is 0.517. The molecule has 0 amide bonds. The second-order valence-corrected chi connectivity index (χ2v) is 4.23. The van der Waals surface area contributed by atoms with Crippen molar-refractivity contribution in [3.05, 3.63) is 39.7 Å². The number of nitrogens with two attached hydrogens (primary N) is 1. The number of benzene rings is 1. The van der Waals surface area contributed by atoms with E-state index in [1.165, 1.54) is 0 Å². The van der Waals surface area contributed by atoms with E-state index in [1.807, 2.05) is 0 Å². The summed E-state index contributed by atoms with van der Waals surface area (Å²) in [5, 5.41) is 0.771. The van der Waals surface area contributed by atoms with E-state index >= 15 is 0 Å². The van der Waals surface area contributed by atoms with Crippen LogP contribution in [-0.2, 0) is 16.0 Å². The minimum atomic E-state index is -0.524. The zero-order valence-electron chi connectivity index (χ0n) is 10.9. The second kappa shape index (κ2) is 5.14. The zero-order valence-corrected chi connectivity index (χ0v) is 10.9. The Labute approximate surface area is 110 Å². The number of esters is 1. The van der Waals surface area contributed by atoms with E-state index in [0.29, 0.717) is 16.8 Å². The van der Waals surface area contributed by atoms with Crippen LogP contribution >= 0.6 is 0 Å². The van der Waals surface area contributed by atoms with Gasteiger partial charge in [-0.15, -0.1) is 0 Å². The van der Waals surface area contributed by atoms with Crippen LogP contribution in [0.2, 0.25) is 0 Å². The Kier molecular flexibility index (Phi) is 3.55. The maximum Gasteiger partial charge on any atom is 0.340 e. The van der Waals surface area contributed by atoms with Crippen LogP contribution in [0.25, 0.3) is 11.0 Å². The van der Waals surface area contributed by atoms with E-state index in [9.17, 15) is 9.59 Å². The van der Waals surface area contributed by atoms with Crippen LogP contribution in [0, 0.1) is 6.92 Å². The third kappa shape index (κ3) is 2.59. The molecule has 0 radical (unpaired) electrons. The van der Waals surface area contributed by atoms with Gasteiger partial charge in [0.2, 0.25) is 0 Å². The molecular weight excluding hydrogens is 246 g/mol. The predicted molar refractivity (Wildman–Crippen MR) is 72.0 cm³/mol. The number of hydrogen-bond acceptors (Lipinski definition) is 5. The molecule has 0 atom stereocenters. The molecule has 0 aliphatic rings. The molecule has 5 nitrogen and oxygen atoms in total. The summed E-state index contributed by atoms with van der Waals surface area (Å²) in [5.41, 5.74) is 7.12. The number of fused-ring (bicyclic) bond motifs is 1. The topological polar surface area (TPSA) is 82.5 Å². The molecule has 1 aromatic heterocycles. The molecule has 0 saturated carbocycles. The summed E-state index contributed by atoms with van der Waals surface area (Å²) in [7, 11) is 0. The molecule has 2 N–H and O–H groups in total. The standard InChI is InChI=1S/C14H15NO4/c1-3-18-13(16)7-11-8(2)10-5-4-9(15)6-12(10)19-14(11)17/h4-6H,3,7,15H2,1-2H3. The van der Waals surface area contributed by atoms with Crippen LogP contribution < -0.4 is 11.4 Å². The Balaban J connectivity index is 2.53. The molecule has 0 bridgehead atoms. The lowest BCUT2D eigenvalue weighted by atomic mass is 10.0. The predicted octanol–water partition coefficient (Wildman–Crippen LogP) is 1.79. The van der Waals surface area contributed by atoms with Crippen LogP contribution in [0.1, 0.15) is 18.1 Å². The lowest BCUT2D eigenvalue weighted by Crippen LogP contribution is -2.17. The Morgan fingerprint density at radius 1 is 1.42 bits per heavy atom. The minimum Gasteiger partial charge on any atom is -0.466 e. The fourth-order valence-electron chi connectivity index (χ4n) is 1.97. The van der Waals surface area contributed by atoms with Crippen molar-refractivity contribution < 1.29 is 13.9 Å². The molecule has 2 aromatic rings. The molecule has 5 heteroatoms. The van der Waals surface area contributed by atoms with E-state index in [-0.39, 0.29) is 13.0 Å². The minimum absolute atomic E-state index is 0.0810. The molecule has 0 aliphatic carbocycles. The van der Waals surface area contributed by atoms with Gasteiger partial charge in [-0.1, -0.05) is 0 Å². The Morgan fingerprint density at radius 3 is 2.84 bits per heavy atom. The first-order valence-electron chi connectivity index (χ1n) is 6.00. The van der Waals surface area contributed by atoms with Crippen molar-refractivity contribution in [1.82, 2.24) is 0 Å². The summed E-state index contributed by atoms with van der Waals surface area (Å²) in [6.45, 7) is 3.79. The van der Waals surface area contributed by atoms with Crippen LogP contribution in [-0.4, -0.2) is 12.6 Å². The number of aryl methyl sites for hydroxylation is 1. The molecule has 0 unspecified atom stereocenters. The summed E-state index contributed by atoms with van der Waals surface area (Å²) in [4.78, 5) is 23.4. The third-order valence-corrected chi connectivity index (χ3v) is 2.94. The first-order chi connectivity index (χ1) is 9.02. The van der Waals surface area contributed by atoms with E-state index < -0.39 is 11.6 Å². The van der Waals surface area contributed by atoms with Gasteiger partial charge in [0.25, 0.3) is 0 Å². The summed E-state index contributed by atoms with van der Waals surface area (Å²) < 4.78 is 10.0. The number of rotatable bonds is 3. The van der Waals surface area contributed by atoms with Crippen molar-refractivity contribution in [2.75, 3.05) is 12.3 Å². The van der Waals surface area contributed by atoms with Crippen molar-refractivity contribution in [2.45, 2.75) is 20.3 Å². The SMILES string of the molecule is CCOC(=O)Cc1c(C)c2ccc(N)cc2oc1=O. The molecule has 1 heterocycles. The van der Waals surface area contributed by atoms with Gasteiger partial charge in [0.15, 0.2) is 0 Å². The molecule has 0 aliphatic heterocycles. The Bertz CT molecular complexity index is 688.